The number of carboxylic acid groups (broad SMARTS) is 1. The molecular formula is C11H20N2O4. The van der Waals surface area contributed by atoms with Crippen LogP contribution < -0.4 is 5.32 Å². The van der Waals surface area contributed by atoms with Crippen molar-refractivity contribution in [1.82, 2.24) is 10.2 Å². The van der Waals surface area contributed by atoms with Crippen LogP contribution in [-0.4, -0.2) is 47.9 Å². The van der Waals surface area contributed by atoms with Crippen LogP contribution in [0.25, 0.3) is 0 Å². The summed E-state index contributed by atoms with van der Waals surface area (Å²) in [6.07, 6.45) is 0. The molecule has 0 aromatic rings. The number of hydrogen-bond donors (Lipinski definition) is 2. The van der Waals surface area contributed by atoms with Crippen molar-refractivity contribution in [2.75, 3.05) is 20.1 Å². The van der Waals surface area contributed by atoms with Gasteiger partial charge in [0.2, 0.25) is 11.8 Å². The zero-order valence-electron chi connectivity index (χ0n) is 10.7. The fourth-order valence-corrected chi connectivity index (χ4v) is 1.31. The Labute approximate surface area is 101 Å². The maximum Gasteiger partial charge on any atom is 0.307 e. The molecule has 0 radical (unpaired) electrons. The van der Waals surface area contributed by atoms with Gasteiger partial charge in [-0.15, -0.1) is 0 Å². The maximum absolute atomic E-state index is 12.0. The van der Waals surface area contributed by atoms with E-state index in [1.54, 1.807) is 13.8 Å². The lowest BCUT2D eigenvalue weighted by Crippen LogP contribution is -2.44. The summed E-state index contributed by atoms with van der Waals surface area (Å²) in [5, 5.41) is 11.3. The van der Waals surface area contributed by atoms with Gasteiger partial charge in [-0.3, -0.25) is 14.4 Å². The Morgan fingerprint density at radius 1 is 1.24 bits per heavy atom. The lowest BCUT2D eigenvalue weighted by molar-refractivity contribution is -0.149. The predicted molar refractivity (Wildman–Crippen MR) is 62.3 cm³/mol. The average molecular weight is 244 g/mol. The number of nitrogens with zero attached hydrogens (tertiary/aromatic N) is 1. The quantitative estimate of drug-likeness (QED) is 0.685. The molecule has 0 heterocycles. The largest absolute Gasteiger partial charge is 0.481 e. The molecule has 2 amide bonds. The Balaban J connectivity index is 4.63. The highest BCUT2D eigenvalue weighted by atomic mass is 16.4. The molecule has 2 N–H and O–H groups in total. The fraction of sp³-hybridized carbons (Fsp3) is 0.727. The summed E-state index contributed by atoms with van der Waals surface area (Å²) in [4.78, 5) is 35.3. The van der Waals surface area contributed by atoms with Gasteiger partial charge in [0.25, 0.3) is 0 Å². The topological polar surface area (TPSA) is 86.7 Å². The lowest BCUT2D eigenvalue weighted by Gasteiger charge is -2.25. The number of nitrogens with one attached hydrogen (secondary N) is 1. The Hall–Kier alpha value is -1.59. The van der Waals surface area contributed by atoms with Gasteiger partial charge in [-0.05, 0) is 6.92 Å². The van der Waals surface area contributed by atoms with Crippen LogP contribution in [0.15, 0.2) is 0 Å². The molecule has 0 saturated heterocycles. The summed E-state index contributed by atoms with van der Waals surface area (Å²) in [5.41, 5.74) is 0. The Kier molecular flexibility index (Phi) is 6.23. The highest BCUT2D eigenvalue weighted by Crippen LogP contribution is 2.14. The Bertz CT molecular complexity index is 304. The van der Waals surface area contributed by atoms with Gasteiger partial charge in [0.1, 0.15) is 0 Å². The van der Waals surface area contributed by atoms with Gasteiger partial charge in [0.15, 0.2) is 0 Å². The van der Waals surface area contributed by atoms with Crippen LogP contribution >= 0.6 is 0 Å². The fourth-order valence-electron chi connectivity index (χ4n) is 1.31. The first-order chi connectivity index (χ1) is 7.84. The molecule has 0 aromatic carbocycles. The van der Waals surface area contributed by atoms with E-state index in [0.717, 1.165) is 0 Å². The number of carbonyl (C=O) groups is 3. The summed E-state index contributed by atoms with van der Waals surface area (Å²) in [6.45, 7) is 5.14. The molecule has 0 rings (SSSR count). The summed E-state index contributed by atoms with van der Waals surface area (Å²) < 4.78 is 0. The third-order valence-corrected chi connectivity index (χ3v) is 2.84. The molecule has 0 aromatic heterocycles. The molecule has 98 valence electrons. The second-order valence-electron chi connectivity index (χ2n) is 3.94. The number of likely N-dealkylation sites (N-methyl/N-ethyl adjacent to an activating group) is 2. The minimum Gasteiger partial charge on any atom is -0.481 e. The minimum absolute atomic E-state index is 0.0392. The standard InChI is InChI=1S/C11H20N2O4/c1-5-13(6-9(14)12-4)10(15)7(2)8(3)11(16)17/h7-8H,5-6H2,1-4H3,(H,12,14)(H,16,17). The van der Waals surface area contributed by atoms with Crippen LogP contribution in [0.4, 0.5) is 0 Å². The summed E-state index contributed by atoms with van der Waals surface area (Å²) in [5.74, 6) is -3.00. The van der Waals surface area contributed by atoms with Crippen molar-refractivity contribution in [2.24, 2.45) is 11.8 Å². The van der Waals surface area contributed by atoms with Crippen LogP contribution in [0.5, 0.6) is 0 Å². The van der Waals surface area contributed by atoms with E-state index in [-0.39, 0.29) is 18.4 Å². The normalized spacial score (nSPS) is 13.6. The highest BCUT2D eigenvalue weighted by molar-refractivity contribution is 5.88. The number of aliphatic carboxylic acids is 1. The molecular weight excluding hydrogens is 224 g/mol. The molecule has 0 fully saturated rings. The van der Waals surface area contributed by atoms with Crippen LogP contribution in [0.2, 0.25) is 0 Å². The second-order valence-corrected chi connectivity index (χ2v) is 3.94. The number of hydrogen-bond acceptors (Lipinski definition) is 3. The number of rotatable bonds is 6. The van der Waals surface area contributed by atoms with Crippen molar-refractivity contribution >= 4 is 17.8 Å². The molecule has 0 saturated carbocycles. The molecule has 0 aliphatic carbocycles. The molecule has 6 heteroatoms. The monoisotopic (exact) mass is 244 g/mol. The summed E-state index contributed by atoms with van der Waals surface area (Å²) >= 11 is 0. The van der Waals surface area contributed by atoms with Crippen molar-refractivity contribution in [1.29, 1.82) is 0 Å². The van der Waals surface area contributed by atoms with Crippen molar-refractivity contribution in [3.8, 4) is 0 Å². The molecule has 2 atom stereocenters. The van der Waals surface area contributed by atoms with Gasteiger partial charge in [-0.2, -0.15) is 0 Å². The highest BCUT2D eigenvalue weighted by Gasteiger charge is 2.29. The average Bonchev–Trinajstić information content (AvgIpc) is 2.32. The van der Waals surface area contributed by atoms with E-state index in [9.17, 15) is 14.4 Å². The lowest BCUT2D eigenvalue weighted by atomic mass is 9.94. The van der Waals surface area contributed by atoms with E-state index in [1.807, 2.05) is 0 Å². The molecule has 0 aliphatic rings. The van der Waals surface area contributed by atoms with Gasteiger partial charge < -0.3 is 15.3 Å². The third kappa shape index (κ3) is 4.42. The third-order valence-electron chi connectivity index (χ3n) is 2.84. The zero-order valence-corrected chi connectivity index (χ0v) is 10.7. The molecule has 0 bridgehead atoms. The molecule has 6 nitrogen and oxygen atoms in total. The molecule has 0 aliphatic heterocycles. The first-order valence-electron chi connectivity index (χ1n) is 5.57. The van der Waals surface area contributed by atoms with E-state index in [4.69, 9.17) is 5.11 Å². The van der Waals surface area contributed by atoms with Crippen LogP contribution in [0, 0.1) is 11.8 Å². The molecule has 17 heavy (non-hydrogen) atoms. The van der Waals surface area contributed by atoms with E-state index in [2.05, 4.69) is 5.32 Å². The first-order valence-corrected chi connectivity index (χ1v) is 5.57. The van der Waals surface area contributed by atoms with Gasteiger partial charge in [-0.25, -0.2) is 0 Å². The van der Waals surface area contributed by atoms with Crippen molar-refractivity contribution < 1.29 is 19.5 Å². The van der Waals surface area contributed by atoms with E-state index in [1.165, 1.54) is 18.9 Å². The Morgan fingerprint density at radius 3 is 2.12 bits per heavy atom. The smallest absolute Gasteiger partial charge is 0.307 e. The Morgan fingerprint density at radius 2 is 1.76 bits per heavy atom. The van der Waals surface area contributed by atoms with E-state index < -0.39 is 17.8 Å². The summed E-state index contributed by atoms with van der Waals surface area (Å²) in [7, 11) is 1.49. The van der Waals surface area contributed by atoms with Crippen molar-refractivity contribution in [3.05, 3.63) is 0 Å². The maximum atomic E-state index is 12.0. The van der Waals surface area contributed by atoms with E-state index >= 15 is 0 Å². The van der Waals surface area contributed by atoms with E-state index in [0.29, 0.717) is 6.54 Å². The van der Waals surface area contributed by atoms with Gasteiger partial charge in [0, 0.05) is 19.5 Å². The molecule has 0 spiro atoms. The van der Waals surface area contributed by atoms with Crippen LogP contribution in [0.3, 0.4) is 0 Å². The predicted octanol–water partition coefficient (Wildman–Crippen LogP) is -0.0623. The van der Waals surface area contributed by atoms with Crippen molar-refractivity contribution in [2.45, 2.75) is 20.8 Å². The minimum atomic E-state index is -1.01. The number of carboxylic acids is 1. The SMILES string of the molecule is CCN(CC(=O)NC)C(=O)C(C)C(C)C(=O)O. The zero-order chi connectivity index (χ0) is 13.6. The second kappa shape index (κ2) is 6.88. The van der Waals surface area contributed by atoms with Crippen molar-refractivity contribution in [3.63, 3.8) is 0 Å². The summed E-state index contributed by atoms with van der Waals surface area (Å²) in [6, 6.07) is 0. The first kappa shape index (κ1) is 15.4. The number of amides is 2. The molecule has 2 unspecified atom stereocenters. The van der Waals surface area contributed by atoms with Gasteiger partial charge in [-0.1, -0.05) is 13.8 Å². The van der Waals surface area contributed by atoms with Gasteiger partial charge in [0.05, 0.1) is 12.5 Å². The van der Waals surface area contributed by atoms with Crippen LogP contribution in [0.1, 0.15) is 20.8 Å². The van der Waals surface area contributed by atoms with Gasteiger partial charge >= 0.3 is 5.97 Å². The van der Waals surface area contributed by atoms with Crippen LogP contribution in [-0.2, 0) is 14.4 Å². The number of carbonyl (C=O) groups excluding carboxylic acids is 2.